The zero-order chi connectivity index (χ0) is 13.4. The fourth-order valence-electron chi connectivity index (χ4n) is 2.40. The molecule has 1 unspecified atom stereocenters. The average molecular weight is 261 g/mol. The van der Waals surface area contributed by atoms with E-state index in [0.717, 1.165) is 16.9 Å². The van der Waals surface area contributed by atoms with E-state index in [2.05, 4.69) is 5.32 Å². The van der Waals surface area contributed by atoms with E-state index in [1.54, 1.807) is 4.90 Å². The summed E-state index contributed by atoms with van der Waals surface area (Å²) in [6, 6.07) is 5.54. The minimum Gasteiger partial charge on any atom is -0.365 e. The number of carbonyl (C=O) groups excluding carboxylic acids is 2. The van der Waals surface area contributed by atoms with Crippen LogP contribution in [-0.4, -0.2) is 37.6 Å². The minimum absolute atomic E-state index is 0.0136. The summed E-state index contributed by atoms with van der Waals surface area (Å²) >= 11 is 0. The van der Waals surface area contributed by atoms with Crippen molar-refractivity contribution >= 4 is 23.2 Å². The number of morpholine rings is 1. The van der Waals surface area contributed by atoms with Crippen LogP contribution in [0.25, 0.3) is 0 Å². The van der Waals surface area contributed by atoms with Gasteiger partial charge in [0.25, 0.3) is 5.91 Å². The normalized spacial score (nSPS) is 22.4. The van der Waals surface area contributed by atoms with Crippen LogP contribution in [0.2, 0.25) is 0 Å². The van der Waals surface area contributed by atoms with Crippen molar-refractivity contribution in [2.75, 3.05) is 29.9 Å². The lowest BCUT2D eigenvalue weighted by atomic mass is 10.1. The summed E-state index contributed by atoms with van der Waals surface area (Å²) in [7, 11) is 0. The first-order valence-electron chi connectivity index (χ1n) is 6.22. The Morgan fingerprint density at radius 1 is 1.42 bits per heavy atom. The Labute approximate surface area is 110 Å². The SMILES string of the molecule is NCC1CN(c2ccc3c(c2)CC(=O)N3)C(=O)CO1. The van der Waals surface area contributed by atoms with Crippen molar-refractivity contribution in [1.29, 1.82) is 0 Å². The Balaban J connectivity index is 1.87. The topological polar surface area (TPSA) is 84.7 Å². The van der Waals surface area contributed by atoms with Gasteiger partial charge in [0.15, 0.2) is 0 Å². The van der Waals surface area contributed by atoms with Gasteiger partial charge < -0.3 is 20.7 Å². The van der Waals surface area contributed by atoms with Crippen LogP contribution in [0, 0.1) is 0 Å². The van der Waals surface area contributed by atoms with E-state index in [1.807, 2.05) is 18.2 Å². The number of anilines is 2. The number of ether oxygens (including phenoxy) is 1. The van der Waals surface area contributed by atoms with Crippen LogP contribution < -0.4 is 16.0 Å². The van der Waals surface area contributed by atoms with Crippen molar-refractivity contribution in [3.05, 3.63) is 23.8 Å². The van der Waals surface area contributed by atoms with Gasteiger partial charge in [0.2, 0.25) is 5.91 Å². The number of nitrogens with two attached hydrogens (primary N) is 1. The van der Waals surface area contributed by atoms with E-state index in [4.69, 9.17) is 10.5 Å². The largest absolute Gasteiger partial charge is 0.365 e. The van der Waals surface area contributed by atoms with Gasteiger partial charge in [-0.15, -0.1) is 0 Å². The van der Waals surface area contributed by atoms with E-state index in [0.29, 0.717) is 19.5 Å². The number of nitrogens with zero attached hydrogens (tertiary/aromatic N) is 1. The third-order valence-electron chi connectivity index (χ3n) is 3.42. The molecule has 1 aromatic rings. The molecule has 1 fully saturated rings. The molecular weight excluding hydrogens is 246 g/mol. The maximum Gasteiger partial charge on any atom is 0.253 e. The predicted octanol–water partition coefficient (Wildman–Crippen LogP) is -0.128. The zero-order valence-corrected chi connectivity index (χ0v) is 10.4. The third kappa shape index (κ3) is 2.20. The van der Waals surface area contributed by atoms with Gasteiger partial charge >= 0.3 is 0 Å². The van der Waals surface area contributed by atoms with Crippen molar-refractivity contribution in [2.24, 2.45) is 5.73 Å². The molecule has 1 aromatic carbocycles. The van der Waals surface area contributed by atoms with E-state index in [9.17, 15) is 9.59 Å². The number of carbonyl (C=O) groups is 2. The van der Waals surface area contributed by atoms with Gasteiger partial charge in [-0.1, -0.05) is 0 Å². The smallest absolute Gasteiger partial charge is 0.253 e. The number of rotatable bonds is 2. The molecule has 1 saturated heterocycles. The highest BCUT2D eigenvalue weighted by Gasteiger charge is 2.28. The van der Waals surface area contributed by atoms with E-state index in [1.165, 1.54) is 0 Å². The molecule has 6 heteroatoms. The van der Waals surface area contributed by atoms with Crippen LogP contribution in [0.1, 0.15) is 5.56 Å². The first-order chi connectivity index (χ1) is 9.17. The van der Waals surface area contributed by atoms with E-state index in [-0.39, 0.29) is 24.5 Å². The van der Waals surface area contributed by atoms with Crippen LogP contribution >= 0.6 is 0 Å². The van der Waals surface area contributed by atoms with Crippen molar-refractivity contribution < 1.29 is 14.3 Å². The summed E-state index contributed by atoms with van der Waals surface area (Å²) in [5.41, 5.74) is 8.12. The van der Waals surface area contributed by atoms with E-state index < -0.39 is 0 Å². The molecule has 6 nitrogen and oxygen atoms in total. The van der Waals surface area contributed by atoms with Crippen LogP contribution in [0.3, 0.4) is 0 Å². The second kappa shape index (κ2) is 4.64. The van der Waals surface area contributed by atoms with Gasteiger partial charge in [-0.3, -0.25) is 9.59 Å². The Kier molecular flexibility index (Phi) is 2.96. The van der Waals surface area contributed by atoms with Gasteiger partial charge in [-0.25, -0.2) is 0 Å². The van der Waals surface area contributed by atoms with Gasteiger partial charge in [0, 0.05) is 17.9 Å². The van der Waals surface area contributed by atoms with Gasteiger partial charge in [0.05, 0.1) is 19.1 Å². The summed E-state index contributed by atoms with van der Waals surface area (Å²) in [6.45, 7) is 0.889. The van der Waals surface area contributed by atoms with Crippen molar-refractivity contribution in [3.8, 4) is 0 Å². The number of benzene rings is 1. The molecule has 0 radical (unpaired) electrons. The molecule has 0 saturated carbocycles. The molecule has 0 aliphatic carbocycles. The van der Waals surface area contributed by atoms with Crippen molar-refractivity contribution in [3.63, 3.8) is 0 Å². The highest BCUT2D eigenvalue weighted by Crippen LogP contribution is 2.28. The van der Waals surface area contributed by atoms with Crippen LogP contribution in [-0.2, 0) is 20.7 Å². The fourth-order valence-corrected chi connectivity index (χ4v) is 2.40. The number of fused-ring (bicyclic) bond motifs is 1. The predicted molar refractivity (Wildman–Crippen MR) is 69.9 cm³/mol. The summed E-state index contributed by atoms with van der Waals surface area (Å²) in [5, 5.41) is 2.77. The van der Waals surface area contributed by atoms with Gasteiger partial charge in [-0.2, -0.15) is 0 Å². The lowest BCUT2D eigenvalue weighted by molar-refractivity contribution is -0.128. The molecular formula is C13H15N3O3. The maximum absolute atomic E-state index is 11.9. The number of hydrogen-bond donors (Lipinski definition) is 2. The van der Waals surface area contributed by atoms with Gasteiger partial charge in [0.1, 0.15) is 6.61 Å². The monoisotopic (exact) mass is 261 g/mol. The minimum atomic E-state index is -0.134. The lowest BCUT2D eigenvalue weighted by Gasteiger charge is -2.32. The quantitative estimate of drug-likeness (QED) is 0.776. The molecule has 1 atom stereocenters. The molecule has 2 aliphatic heterocycles. The van der Waals surface area contributed by atoms with Crippen LogP contribution in [0.4, 0.5) is 11.4 Å². The maximum atomic E-state index is 11.9. The second-order valence-corrected chi connectivity index (χ2v) is 4.74. The number of amides is 2. The van der Waals surface area contributed by atoms with Crippen molar-refractivity contribution in [2.45, 2.75) is 12.5 Å². The first kappa shape index (κ1) is 12.1. The average Bonchev–Trinajstić information content (AvgIpc) is 2.78. The summed E-state index contributed by atoms with van der Waals surface area (Å²) in [4.78, 5) is 24.9. The molecule has 100 valence electrons. The highest BCUT2D eigenvalue weighted by atomic mass is 16.5. The summed E-state index contributed by atoms with van der Waals surface area (Å²) < 4.78 is 5.32. The Hall–Kier alpha value is -1.92. The molecule has 0 bridgehead atoms. The standard InChI is InChI=1S/C13H15N3O3/c14-5-10-6-16(13(18)7-19-10)9-1-2-11-8(3-9)4-12(17)15-11/h1-3,10H,4-7,14H2,(H,15,17). The lowest BCUT2D eigenvalue weighted by Crippen LogP contribution is -2.49. The molecule has 0 aromatic heterocycles. The first-order valence-corrected chi connectivity index (χ1v) is 6.22. The number of nitrogens with one attached hydrogen (secondary N) is 1. The van der Waals surface area contributed by atoms with Crippen LogP contribution in [0.15, 0.2) is 18.2 Å². The molecule has 19 heavy (non-hydrogen) atoms. The van der Waals surface area contributed by atoms with Crippen LogP contribution in [0.5, 0.6) is 0 Å². The molecule has 0 spiro atoms. The Morgan fingerprint density at radius 3 is 3.05 bits per heavy atom. The third-order valence-corrected chi connectivity index (χ3v) is 3.42. The van der Waals surface area contributed by atoms with Crippen molar-refractivity contribution in [1.82, 2.24) is 0 Å². The second-order valence-electron chi connectivity index (χ2n) is 4.74. The van der Waals surface area contributed by atoms with E-state index >= 15 is 0 Å². The number of hydrogen-bond acceptors (Lipinski definition) is 4. The molecule has 2 aliphatic rings. The molecule has 2 amide bonds. The summed E-state index contributed by atoms with van der Waals surface area (Å²) in [6.07, 6.45) is 0.230. The molecule has 3 N–H and O–H groups in total. The van der Waals surface area contributed by atoms with Gasteiger partial charge in [-0.05, 0) is 23.8 Å². The Morgan fingerprint density at radius 2 is 2.26 bits per heavy atom. The highest BCUT2D eigenvalue weighted by molar-refractivity contribution is 6.01. The fraction of sp³-hybridized carbons (Fsp3) is 0.385. The molecule has 3 rings (SSSR count). The summed E-state index contributed by atoms with van der Waals surface area (Å²) in [5.74, 6) is -0.0952. The Bertz CT molecular complexity index is 544. The zero-order valence-electron chi connectivity index (χ0n) is 10.4. The molecule has 2 heterocycles.